The van der Waals surface area contributed by atoms with Crippen molar-refractivity contribution < 1.29 is 27.4 Å². The van der Waals surface area contributed by atoms with E-state index in [9.17, 15) is 13.2 Å². The Labute approximate surface area is 184 Å². The summed E-state index contributed by atoms with van der Waals surface area (Å²) in [6.45, 7) is 3.36. The van der Waals surface area contributed by atoms with Crippen molar-refractivity contribution in [2.45, 2.75) is 18.4 Å². The number of benzene rings is 2. The molecule has 0 unspecified atom stereocenters. The average Bonchev–Trinajstić information content (AvgIpc) is 3.08. The first-order chi connectivity index (χ1) is 14.8. The summed E-state index contributed by atoms with van der Waals surface area (Å²) in [7, 11) is -0.399. The fourth-order valence-electron chi connectivity index (χ4n) is 3.09. The molecule has 0 bridgehead atoms. The van der Waals surface area contributed by atoms with E-state index in [2.05, 4.69) is 4.99 Å². The van der Waals surface area contributed by atoms with Gasteiger partial charge in [0.15, 0.2) is 26.1 Å². The van der Waals surface area contributed by atoms with Gasteiger partial charge in [0.25, 0.3) is 5.91 Å². The molecule has 0 saturated carbocycles. The highest BCUT2D eigenvalue weighted by molar-refractivity contribution is 7.90. The van der Waals surface area contributed by atoms with Crippen LogP contribution in [0.1, 0.15) is 17.3 Å². The second kappa shape index (κ2) is 9.63. The second-order valence-corrected chi connectivity index (χ2v) is 9.62. The van der Waals surface area contributed by atoms with Crippen molar-refractivity contribution in [3.63, 3.8) is 0 Å². The lowest BCUT2D eigenvalue weighted by Crippen LogP contribution is -2.20. The highest BCUT2D eigenvalue weighted by atomic mass is 32.2. The lowest BCUT2D eigenvalue weighted by molar-refractivity contribution is 0.0993. The van der Waals surface area contributed by atoms with Crippen molar-refractivity contribution in [1.82, 2.24) is 4.57 Å². The highest BCUT2D eigenvalue weighted by Crippen LogP contribution is 2.31. The van der Waals surface area contributed by atoms with Gasteiger partial charge in [-0.3, -0.25) is 4.79 Å². The summed E-state index contributed by atoms with van der Waals surface area (Å²) in [5.74, 6) is 0.248. The van der Waals surface area contributed by atoms with E-state index in [0.717, 1.165) is 11.8 Å². The van der Waals surface area contributed by atoms with Crippen LogP contribution in [0, 0.1) is 0 Å². The Kier molecular flexibility index (Phi) is 7.14. The normalized spacial score (nSPS) is 12.3. The van der Waals surface area contributed by atoms with E-state index in [1.807, 2.05) is 11.5 Å². The molecular formula is C21H24N2O6S2. The van der Waals surface area contributed by atoms with Crippen molar-refractivity contribution in [2.24, 2.45) is 4.99 Å². The van der Waals surface area contributed by atoms with Crippen molar-refractivity contribution in [3.05, 3.63) is 46.8 Å². The number of aromatic nitrogens is 1. The summed E-state index contributed by atoms with van der Waals surface area (Å²) < 4.78 is 42.5. The molecular weight excluding hydrogens is 440 g/mol. The predicted molar refractivity (Wildman–Crippen MR) is 119 cm³/mol. The van der Waals surface area contributed by atoms with E-state index in [4.69, 9.17) is 14.2 Å². The molecule has 0 aliphatic heterocycles. The molecule has 0 fully saturated rings. The quantitative estimate of drug-likeness (QED) is 0.476. The summed E-state index contributed by atoms with van der Waals surface area (Å²) in [4.78, 5) is 18.0. The molecule has 0 atom stereocenters. The third-order valence-corrected chi connectivity index (χ3v) is 6.73. The Balaban J connectivity index is 2.16. The summed E-state index contributed by atoms with van der Waals surface area (Å²) in [6, 6.07) is 9.89. The van der Waals surface area contributed by atoms with Crippen molar-refractivity contribution in [1.29, 1.82) is 0 Å². The van der Waals surface area contributed by atoms with Gasteiger partial charge in [0.05, 0.1) is 41.5 Å². The van der Waals surface area contributed by atoms with E-state index >= 15 is 0 Å². The number of carbonyl (C=O) groups excluding carboxylic acids is 1. The van der Waals surface area contributed by atoms with Crippen molar-refractivity contribution >= 4 is 37.3 Å². The van der Waals surface area contributed by atoms with Crippen LogP contribution in [-0.4, -0.2) is 52.6 Å². The molecule has 8 nitrogen and oxygen atoms in total. The minimum absolute atomic E-state index is 0.213. The number of hydrogen-bond donors (Lipinski definition) is 0. The number of methoxy groups -OCH3 is 2. The number of amides is 1. The van der Waals surface area contributed by atoms with Crippen molar-refractivity contribution in [2.75, 3.05) is 33.7 Å². The van der Waals surface area contributed by atoms with Crippen LogP contribution in [0.2, 0.25) is 0 Å². The maximum atomic E-state index is 13.0. The highest BCUT2D eigenvalue weighted by Gasteiger charge is 2.17. The smallest absolute Gasteiger partial charge is 0.283 e. The Bertz CT molecular complexity index is 1270. The molecule has 31 heavy (non-hydrogen) atoms. The van der Waals surface area contributed by atoms with Gasteiger partial charge in [-0.2, -0.15) is 4.99 Å². The first-order valence-corrected chi connectivity index (χ1v) is 12.2. The maximum Gasteiger partial charge on any atom is 0.283 e. The van der Waals surface area contributed by atoms with E-state index in [1.165, 1.54) is 25.6 Å². The number of thiazole rings is 1. The number of para-hydroxylation sites is 1. The van der Waals surface area contributed by atoms with E-state index in [0.29, 0.717) is 40.8 Å². The van der Waals surface area contributed by atoms with Gasteiger partial charge in [-0.05, 0) is 37.3 Å². The zero-order valence-corrected chi connectivity index (χ0v) is 19.4. The Morgan fingerprint density at radius 1 is 1.16 bits per heavy atom. The van der Waals surface area contributed by atoms with Crippen LogP contribution in [0.4, 0.5) is 0 Å². The minimum atomic E-state index is -3.36. The minimum Gasteiger partial charge on any atom is -0.493 e. The Morgan fingerprint density at radius 3 is 2.58 bits per heavy atom. The molecule has 3 rings (SSSR count). The SMILES string of the molecule is CCOCCn1c(=NC(=O)c2cccc(OC)c2OC)sc2cc(S(C)(=O)=O)ccc21. The molecule has 10 heteroatoms. The fourth-order valence-corrected chi connectivity index (χ4v) is 4.90. The molecule has 0 aliphatic carbocycles. The molecule has 3 aromatic rings. The largest absolute Gasteiger partial charge is 0.493 e. The molecule has 166 valence electrons. The van der Waals surface area contributed by atoms with Crippen LogP contribution < -0.4 is 14.3 Å². The molecule has 0 N–H and O–H groups in total. The van der Waals surface area contributed by atoms with Crippen LogP contribution in [0.25, 0.3) is 10.2 Å². The lowest BCUT2D eigenvalue weighted by atomic mass is 10.2. The van der Waals surface area contributed by atoms with Crippen LogP contribution in [-0.2, 0) is 21.1 Å². The standard InChI is InChI=1S/C21H24N2O6S2/c1-5-29-12-11-23-16-10-9-14(31(4,25)26)13-18(16)30-21(23)22-20(24)15-7-6-8-17(27-2)19(15)28-3/h6-10,13H,5,11-12H2,1-4H3. The molecule has 0 spiro atoms. The van der Waals surface area contributed by atoms with Gasteiger partial charge in [-0.1, -0.05) is 17.4 Å². The number of carbonyl (C=O) groups is 1. The van der Waals surface area contributed by atoms with E-state index < -0.39 is 15.7 Å². The molecule has 2 aromatic carbocycles. The zero-order chi connectivity index (χ0) is 22.6. The number of fused-ring (bicyclic) bond motifs is 1. The van der Waals surface area contributed by atoms with Gasteiger partial charge in [-0.25, -0.2) is 8.42 Å². The summed E-state index contributed by atoms with van der Waals surface area (Å²) in [6.07, 6.45) is 1.16. The lowest BCUT2D eigenvalue weighted by Gasteiger charge is -2.10. The topological polar surface area (TPSA) is 96.2 Å². The van der Waals surface area contributed by atoms with Crippen LogP contribution in [0.5, 0.6) is 11.5 Å². The Morgan fingerprint density at radius 2 is 1.94 bits per heavy atom. The molecule has 0 radical (unpaired) electrons. The van der Waals surface area contributed by atoms with Crippen LogP contribution >= 0.6 is 11.3 Å². The third kappa shape index (κ3) is 4.97. The summed E-state index contributed by atoms with van der Waals surface area (Å²) in [5, 5.41) is 0. The summed E-state index contributed by atoms with van der Waals surface area (Å²) >= 11 is 1.24. The molecule has 1 amide bonds. The monoisotopic (exact) mass is 464 g/mol. The van der Waals surface area contributed by atoms with Gasteiger partial charge in [0.1, 0.15) is 0 Å². The molecule has 1 heterocycles. The van der Waals surface area contributed by atoms with Crippen molar-refractivity contribution in [3.8, 4) is 11.5 Å². The number of rotatable bonds is 8. The first kappa shape index (κ1) is 23.0. The van der Waals surface area contributed by atoms with E-state index in [-0.39, 0.29) is 10.5 Å². The number of nitrogens with zero attached hydrogens (tertiary/aromatic N) is 2. The van der Waals surface area contributed by atoms with Crippen LogP contribution in [0.3, 0.4) is 0 Å². The molecule has 0 saturated heterocycles. The first-order valence-electron chi connectivity index (χ1n) is 9.51. The predicted octanol–water partition coefficient (Wildman–Crippen LogP) is 2.90. The number of hydrogen-bond acceptors (Lipinski definition) is 7. The number of ether oxygens (including phenoxy) is 3. The zero-order valence-electron chi connectivity index (χ0n) is 17.7. The maximum absolute atomic E-state index is 13.0. The second-order valence-electron chi connectivity index (χ2n) is 6.59. The Hall–Kier alpha value is -2.69. The van der Waals surface area contributed by atoms with E-state index in [1.54, 1.807) is 36.4 Å². The summed E-state index contributed by atoms with van der Waals surface area (Å²) in [5.41, 5.74) is 1.05. The van der Waals surface area contributed by atoms with Gasteiger partial charge in [0.2, 0.25) is 0 Å². The average molecular weight is 465 g/mol. The van der Waals surface area contributed by atoms with Gasteiger partial charge in [0, 0.05) is 19.4 Å². The molecule has 1 aromatic heterocycles. The van der Waals surface area contributed by atoms with Gasteiger partial charge < -0.3 is 18.8 Å². The van der Waals surface area contributed by atoms with Crippen LogP contribution in [0.15, 0.2) is 46.3 Å². The number of sulfone groups is 1. The molecule has 0 aliphatic rings. The third-order valence-electron chi connectivity index (χ3n) is 4.58. The van der Waals surface area contributed by atoms with Gasteiger partial charge in [-0.15, -0.1) is 0 Å². The van der Waals surface area contributed by atoms with Gasteiger partial charge >= 0.3 is 0 Å². The fraction of sp³-hybridized carbons (Fsp3) is 0.333.